The minimum absolute atomic E-state index is 0.0424. The van der Waals surface area contributed by atoms with E-state index in [0.29, 0.717) is 36.8 Å². The minimum atomic E-state index is -3.75. The van der Waals surface area contributed by atoms with Crippen LogP contribution in [0.1, 0.15) is 37.8 Å². The predicted octanol–water partition coefficient (Wildman–Crippen LogP) is 2.83. The first-order chi connectivity index (χ1) is 16.2. The molecule has 2 saturated heterocycles. The van der Waals surface area contributed by atoms with E-state index in [0.717, 1.165) is 30.5 Å². The Balaban J connectivity index is 1.39. The van der Waals surface area contributed by atoms with Crippen LogP contribution in [0, 0.1) is 11.7 Å². The molecule has 2 aromatic heterocycles. The number of hydrogen-bond donors (Lipinski definition) is 2. The molecule has 0 saturated carbocycles. The highest BCUT2D eigenvalue weighted by molar-refractivity contribution is 7.92. The number of rotatable bonds is 6. The van der Waals surface area contributed by atoms with Gasteiger partial charge in [0.1, 0.15) is 11.5 Å². The van der Waals surface area contributed by atoms with Crippen molar-refractivity contribution in [1.82, 2.24) is 24.6 Å². The highest BCUT2D eigenvalue weighted by atomic mass is 35.5. The van der Waals surface area contributed by atoms with Gasteiger partial charge in [-0.3, -0.25) is 4.79 Å². The van der Waals surface area contributed by atoms with Crippen LogP contribution in [0.5, 0.6) is 0 Å². The fourth-order valence-electron chi connectivity index (χ4n) is 4.35. The van der Waals surface area contributed by atoms with E-state index in [-0.39, 0.29) is 36.1 Å². The summed E-state index contributed by atoms with van der Waals surface area (Å²) in [4.78, 5) is 23.6. The number of halogens is 2. The number of H-pyrrole nitrogens is 1. The van der Waals surface area contributed by atoms with Gasteiger partial charge in [-0.15, -0.1) is 0 Å². The minimum Gasteiger partial charge on any atom is -0.379 e. The number of amides is 1. The molecule has 2 aliphatic rings. The molecule has 12 heteroatoms. The van der Waals surface area contributed by atoms with Crippen LogP contribution in [0.4, 0.5) is 4.39 Å². The first kappa shape index (κ1) is 24.8. The van der Waals surface area contributed by atoms with Crippen molar-refractivity contribution in [3.8, 4) is 11.5 Å². The number of nitrogens with zero attached hydrogens (tertiary/aromatic N) is 3. The van der Waals surface area contributed by atoms with Crippen molar-refractivity contribution < 1.29 is 22.3 Å². The van der Waals surface area contributed by atoms with Crippen LogP contribution < -0.4 is 5.32 Å². The van der Waals surface area contributed by atoms with Crippen molar-refractivity contribution in [3.63, 3.8) is 0 Å². The van der Waals surface area contributed by atoms with Gasteiger partial charge in [0.05, 0.1) is 29.9 Å². The summed E-state index contributed by atoms with van der Waals surface area (Å²) in [5.74, 6) is -0.567. The number of aromatic amines is 1. The molecule has 184 valence electrons. The maximum absolute atomic E-state index is 13.2. The molecule has 0 unspecified atom stereocenters. The molecule has 2 fully saturated rings. The fourth-order valence-corrected chi connectivity index (χ4v) is 5.90. The maximum atomic E-state index is 13.2. The monoisotopic (exact) mass is 511 g/mol. The van der Waals surface area contributed by atoms with Crippen molar-refractivity contribution in [2.24, 2.45) is 5.92 Å². The van der Waals surface area contributed by atoms with Gasteiger partial charge in [-0.05, 0) is 37.3 Å². The summed E-state index contributed by atoms with van der Waals surface area (Å²) < 4.78 is 45.5. The third-order valence-electron chi connectivity index (χ3n) is 6.15. The fraction of sp³-hybridized carbons (Fsp3) is 0.500. The van der Waals surface area contributed by atoms with Gasteiger partial charge in [-0.1, -0.05) is 18.5 Å². The van der Waals surface area contributed by atoms with E-state index in [4.69, 9.17) is 16.3 Å². The van der Waals surface area contributed by atoms with Crippen molar-refractivity contribution in [2.45, 2.75) is 38.1 Å². The van der Waals surface area contributed by atoms with E-state index in [1.54, 1.807) is 0 Å². The lowest BCUT2D eigenvalue weighted by Crippen LogP contribution is -2.42. The van der Waals surface area contributed by atoms with Gasteiger partial charge >= 0.3 is 0 Å². The van der Waals surface area contributed by atoms with Crippen LogP contribution >= 0.6 is 11.6 Å². The Bertz CT molecular complexity index is 1150. The van der Waals surface area contributed by atoms with Crippen LogP contribution in [-0.4, -0.2) is 65.9 Å². The number of imidazole rings is 1. The summed E-state index contributed by atoms with van der Waals surface area (Å²) in [6.07, 6.45) is 4.37. The Morgan fingerprint density at radius 1 is 1.38 bits per heavy atom. The molecule has 34 heavy (non-hydrogen) atoms. The Kier molecular flexibility index (Phi) is 7.66. The smallest absolute Gasteiger partial charge is 0.245 e. The van der Waals surface area contributed by atoms with Gasteiger partial charge in [0.2, 0.25) is 15.9 Å². The van der Waals surface area contributed by atoms with Gasteiger partial charge in [0.15, 0.2) is 11.0 Å². The Labute approximate surface area is 202 Å². The lowest BCUT2D eigenvalue weighted by atomic mass is 9.86. The number of piperidine rings is 1. The van der Waals surface area contributed by atoms with Crippen molar-refractivity contribution in [1.29, 1.82) is 0 Å². The van der Waals surface area contributed by atoms with Crippen LogP contribution in [0.3, 0.4) is 0 Å². The largest absolute Gasteiger partial charge is 0.379 e. The highest BCUT2D eigenvalue weighted by Gasteiger charge is 2.34. The quantitative estimate of drug-likeness (QED) is 0.576. The lowest BCUT2D eigenvalue weighted by molar-refractivity contribution is -0.118. The van der Waals surface area contributed by atoms with Crippen LogP contribution in [-0.2, 0) is 19.6 Å². The molecular formula is C22H27ClFN5O4S. The Morgan fingerprint density at radius 2 is 2.21 bits per heavy atom. The van der Waals surface area contributed by atoms with E-state index in [2.05, 4.69) is 20.3 Å². The van der Waals surface area contributed by atoms with E-state index < -0.39 is 21.7 Å². The number of hydrogen-bond acceptors (Lipinski definition) is 6. The molecule has 2 aliphatic heterocycles. The number of nitrogens with one attached hydrogen (secondary N) is 2. The summed E-state index contributed by atoms with van der Waals surface area (Å²) in [7, 11) is -3.75. The lowest BCUT2D eigenvalue weighted by Gasteiger charge is -2.35. The van der Waals surface area contributed by atoms with E-state index in [9.17, 15) is 17.6 Å². The number of sulfonamides is 1. The number of carbonyl (C=O) groups excluding carboxylic acids is 1. The molecule has 4 heterocycles. The average molecular weight is 512 g/mol. The zero-order valence-electron chi connectivity index (χ0n) is 18.7. The molecule has 9 nitrogen and oxygen atoms in total. The third-order valence-corrected chi connectivity index (χ3v) is 7.97. The number of aromatic nitrogens is 3. The van der Waals surface area contributed by atoms with E-state index in [1.165, 1.54) is 16.4 Å². The molecular weight excluding hydrogens is 485 g/mol. The van der Waals surface area contributed by atoms with Gasteiger partial charge in [-0.25, -0.2) is 22.8 Å². The molecule has 0 spiro atoms. The second-order valence-electron chi connectivity index (χ2n) is 8.65. The van der Waals surface area contributed by atoms with Crippen molar-refractivity contribution >= 4 is 27.5 Å². The third kappa shape index (κ3) is 5.83. The van der Waals surface area contributed by atoms with Crippen LogP contribution in [0.25, 0.3) is 11.5 Å². The van der Waals surface area contributed by atoms with Gasteiger partial charge in [0, 0.05) is 31.7 Å². The van der Waals surface area contributed by atoms with Crippen LogP contribution in [0.15, 0.2) is 29.8 Å². The molecule has 4 rings (SSSR count). The molecule has 0 aromatic carbocycles. The van der Waals surface area contributed by atoms with Gasteiger partial charge < -0.3 is 15.0 Å². The Hall–Kier alpha value is -2.34. The summed E-state index contributed by atoms with van der Waals surface area (Å²) in [6, 6.07) is 2.70. The average Bonchev–Trinajstić information content (AvgIpc) is 3.20. The standard InChI is InChI=1S/C22H27ClFN5O4S/c1-14-12-29(34(31,32)10-7-19(30)26-16-3-2-9-33-13-16)8-6-17(14)20-21(23)28-22(27-20)18-5-4-15(24)11-25-18/h4-5,7,10-11,14,16-17H,2-3,6,8-9,12-13H2,1H3,(H,26,30)(H,27,28)/t14-,16-,17+/m0/s1. The number of ether oxygens (including phenoxy) is 1. The maximum Gasteiger partial charge on any atom is 0.245 e. The second-order valence-corrected chi connectivity index (χ2v) is 10.8. The van der Waals surface area contributed by atoms with E-state index in [1.807, 2.05) is 6.92 Å². The normalized spacial score (nSPS) is 24.4. The SMILES string of the molecule is C[C@H]1CN(S(=O)(=O)C=CC(=O)N[C@H]2CCCOC2)CC[C@H]1c1[nH]c(-c2ccc(F)cn2)nc1Cl. The molecule has 0 bridgehead atoms. The second kappa shape index (κ2) is 10.5. The molecule has 0 radical (unpaired) electrons. The predicted molar refractivity (Wildman–Crippen MR) is 125 cm³/mol. The highest BCUT2D eigenvalue weighted by Crippen LogP contribution is 2.37. The van der Waals surface area contributed by atoms with E-state index >= 15 is 0 Å². The summed E-state index contributed by atoms with van der Waals surface area (Å²) in [5, 5.41) is 4.02. The first-order valence-electron chi connectivity index (χ1n) is 11.2. The molecule has 1 amide bonds. The summed E-state index contributed by atoms with van der Waals surface area (Å²) in [6.45, 7) is 3.61. The summed E-state index contributed by atoms with van der Waals surface area (Å²) in [5.41, 5.74) is 1.17. The van der Waals surface area contributed by atoms with Crippen molar-refractivity contribution in [3.05, 3.63) is 46.5 Å². The van der Waals surface area contributed by atoms with Crippen LogP contribution in [0.2, 0.25) is 5.15 Å². The zero-order chi connectivity index (χ0) is 24.3. The topological polar surface area (TPSA) is 117 Å². The number of pyridine rings is 1. The summed E-state index contributed by atoms with van der Waals surface area (Å²) >= 11 is 6.38. The molecule has 0 aliphatic carbocycles. The molecule has 2 aromatic rings. The molecule has 2 N–H and O–H groups in total. The van der Waals surface area contributed by atoms with Gasteiger partial charge in [-0.2, -0.15) is 4.31 Å². The van der Waals surface area contributed by atoms with Crippen molar-refractivity contribution in [2.75, 3.05) is 26.3 Å². The number of carbonyl (C=O) groups is 1. The zero-order valence-corrected chi connectivity index (χ0v) is 20.3. The Morgan fingerprint density at radius 3 is 2.88 bits per heavy atom. The molecule has 3 atom stereocenters. The van der Waals surface area contributed by atoms with Gasteiger partial charge in [0.25, 0.3) is 0 Å². The first-order valence-corrected chi connectivity index (χ1v) is 13.0.